The fourth-order valence-electron chi connectivity index (χ4n) is 1.29. The van der Waals surface area contributed by atoms with E-state index in [9.17, 15) is 9.59 Å². The smallest absolute Gasteiger partial charge is 0.376 e. The molecule has 0 radical (unpaired) electrons. The highest BCUT2D eigenvalue weighted by Gasteiger charge is 2.09. The van der Waals surface area contributed by atoms with Crippen LogP contribution in [0.4, 0.5) is 10.5 Å². The molecule has 1 aromatic rings. The van der Waals surface area contributed by atoms with Gasteiger partial charge in [-0.2, -0.15) is 0 Å². The Bertz CT molecular complexity index is 435. The van der Waals surface area contributed by atoms with Crippen LogP contribution in [-0.4, -0.2) is 19.1 Å². The summed E-state index contributed by atoms with van der Waals surface area (Å²) in [6.45, 7) is 1.70. The van der Waals surface area contributed by atoms with Gasteiger partial charge in [-0.25, -0.2) is 4.79 Å². The average Bonchev–Trinajstić information content (AvgIpc) is 2.21. The van der Waals surface area contributed by atoms with Crippen molar-refractivity contribution in [2.24, 2.45) is 0 Å². The van der Waals surface area contributed by atoms with Crippen LogP contribution < -0.4 is 10.6 Å². The standard InChI is InChI=1S/C11H13ClN2O3/c1-7(15)17-11(16)14-10-4-3-9(12)5-8(10)6-13-2/h3-5,13H,6H2,1-2H3,(H,14,16). The van der Waals surface area contributed by atoms with E-state index in [-0.39, 0.29) is 0 Å². The van der Waals surface area contributed by atoms with Gasteiger partial charge >= 0.3 is 12.1 Å². The number of esters is 1. The molecule has 0 saturated carbocycles. The van der Waals surface area contributed by atoms with Gasteiger partial charge in [0.2, 0.25) is 0 Å². The lowest BCUT2D eigenvalue weighted by atomic mass is 10.2. The molecule has 0 saturated heterocycles. The third kappa shape index (κ3) is 4.42. The van der Waals surface area contributed by atoms with E-state index in [0.717, 1.165) is 12.5 Å². The highest BCUT2D eigenvalue weighted by atomic mass is 35.5. The monoisotopic (exact) mass is 256 g/mol. The van der Waals surface area contributed by atoms with Crippen LogP contribution in [0.2, 0.25) is 5.02 Å². The summed E-state index contributed by atoms with van der Waals surface area (Å²) < 4.78 is 4.38. The summed E-state index contributed by atoms with van der Waals surface area (Å²) in [6.07, 6.45) is -0.808. The molecule has 2 N–H and O–H groups in total. The zero-order valence-electron chi connectivity index (χ0n) is 9.54. The summed E-state index contributed by atoms with van der Waals surface area (Å²) in [5.41, 5.74) is 1.36. The molecule has 0 aliphatic rings. The van der Waals surface area contributed by atoms with E-state index >= 15 is 0 Å². The van der Waals surface area contributed by atoms with Crippen LogP contribution in [0, 0.1) is 0 Å². The number of anilines is 1. The van der Waals surface area contributed by atoms with Crippen LogP contribution in [0.5, 0.6) is 0 Å². The van der Waals surface area contributed by atoms with Crippen molar-refractivity contribution in [1.82, 2.24) is 5.32 Å². The Morgan fingerprint density at radius 1 is 1.41 bits per heavy atom. The van der Waals surface area contributed by atoms with Gasteiger partial charge in [0.05, 0.1) is 0 Å². The highest BCUT2D eigenvalue weighted by Crippen LogP contribution is 2.20. The maximum atomic E-state index is 11.3. The second-order valence-electron chi connectivity index (χ2n) is 3.34. The minimum absolute atomic E-state index is 0.538. The van der Waals surface area contributed by atoms with Gasteiger partial charge in [-0.3, -0.25) is 10.1 Å². The highest BCUT2D eigenvalue weighted by molar-refractivity contribution is 6.30. The third-order valence-electron chi connectivity index (χ3n) is 1.91. The molecule has 0 aromatic heterocycles. The number of halogens is 1. The van der Waals surface area contributed by atoms with E-state index in [4.69, 9.17) is 11.6 Å². The first kappa shape index (κ1) is 13.5. The molecule has 1 aromatic carbocycles. The predicted octanol–water partition coefficient (Wildman–Crippen LogP) is 2.15. The third-order valence-corrected chi connectivity index (χ3v) is 2.14. The second-order valence-corrected chi connectivity index (χ2v) is 3.77. The summed E-state index contributed by atoms with van der Waals surface area (Å²) in [7, 11) is 1.78. The van der Waals surface area contributed by atoms with Gasteiger partial charge in [0.1, 0.15) is 0 Å². The molecule has 1 rings (SSSR count). The van der Waals surface area contributed by atoms with Crippen molar-refractivity contribution in [3.05, 3.63) is 28.8 Å². The molecule has 0 heterocycles. The SMILES string of the molecule is CNCc1cc(Cl)ccc1NC(=O)OC(C)=O. The topological polar surface area (TPSA) is 67.4 Å². The summed E-state index contributed by atoms with van der Waals surface area (Å²) >= 11 is 5.85. The Morgan fingerprint density at radius 3 is 2.71 bits per heavy atom. The Labute approximate surface area is 104 Å². The number of carbonyl (C=O) groups is 2. The summed E-state index contributed by atoms with van der Waals surface area (Å²) in [5, 5.41) is 5.99. The van der Waals surface area contributed by atoms with Crippen molar-refractivity contribution < 1.29 is 14.3 Å². The van der Waals surface area contributed by atoms with E-state index in [1.807, 2.05) is 0 Å². The maximum Gasteiger partial charge on any atom is 0.419 e. The van der Waals surface area contributed by atoms with Gasteiger partial charge in [-0.15, -0.1) is 0 Å². The predicted molar refractivity (Wildman–Crippen MR) is 65.0 cm³/mol. The zero-order valence-corrected chi connectivity index (χ0v) is 10.3. The molecule has 0 unspecified atom stereocenters. The second kappa shape index (κ2) is 6.22. The molecule has 0 spiro atoms. The molecule has 1 amide bonds. The van der Waals surface area contributed by atoms with Crippen LogP contribution in [0.3, 0.4) is 0 Å². The number of ether oxygens (including phenoxy) is 1. The van der Waals surface area contributed by atoms with E-state index in [2.05, 4.69) is 15.4 Å². The molecule has 0 fully saturated rings. The van der Waals surface area contributed by atoms with Crippen molar-refractivity contribution in [2.45, 2.75) is 13.5 Å². The lowest BCUT2D eigenvalue weighted by Gasteiger charge is -2.10. The number of amides is 1. The van der Waals surface area contributed by atoms with E-state index in [0.29, 0.717) is 17.3 Å². The van der Waals surface area contributed by atoms with Crippen molar-refractivity contribution in [3.8, 4) is 0 Å². The van der Waals surface area contributed by atoms with E-state index in [1.165, 1.54) is 0 Å². The van der Waals surface area contributed by atoms with Crippen molar-refractivity contribution in [1.29, 1.82) is 0 Å². The van der Waals surface area contributed by atoms with Crippen LogP contribution in [0.1, 0.15) is 12.5 Å². The van der Waals surface area contributed by atoms with E-state index < -0.39 is 12.1 Å². The Balaban J connectivity index is 2.82. The summed E-state index contributed by atoms with van der Waals surface area (Å²) in [4.78, 5) is 21.8. The largest absolute Gasteiger partial charge is 0.419 e. The van der Waals surface area contributed by atoms with Crippen LogP contribution in [-0.2, 0) is 16.1 Å². The number of rotatable bonds is 3. The maximum absolute atomic E-state index is 11.3. The minimum atomic E-state index is -0.808. The number of benzene rings is 1. The quantitative estimate of drug-likeness (QED) is 0.642. The fraction of sp³-hybridized carbons (Fsp3) is 0.273. The average molecular weight is 257 g/mol. The Hall–Kier alpha value is -1.59. The molecular weight excluding hydrogens is 244 g/mol. The van der Waals surface area contributed by atoms with Crippen LogP contribution in [0.15, 0.2) is 18.2 Å². The first-order valence-electron chi connectivity index (χ1n) is 4.95. The van der Waals surface area contributed by atoms with Gasteiger partial charge in [0.15, 0.2) is 0 Å². The molecule has 5 nitrogen and oxygen atoms in total. The molecular formula is C11H13ClN2O3. The summed E-state index contributed by atoms with van der Waals surface area (Å²) in [5.74, 6) is -0.661. The van der Waals surface area contributed by atoms with Gasteiger partial charge in [0, 0.05) is 24.2 Å². The Kier molecular flexibility index (Phi) is 4.93. The van der Waals surface area contributed by atoms with Crippen LogP contribution >= 0.6 is 11.6 Å². The summed E-state index contributed by atoms with van der Waals surface area (Å²) in [6, 6.07) is 5.02. The van der Waals surface area contributed by atoms with Gasteiger partial charge in [-0.1, -0.05) is 11.6 Å². The minimum Gasteiger partial charge on any atom is -0.376 e. The first-order valence-corrected chi connectivity index (χ1v) is 5.33. The van der Waals surface area contributed by atoms with Crippen molar-refractivity contribution >= 4 is 29.4 Å². The van der Waals surface area contributed by atoms with Gasteiger partial charge in [0.25, 0.3) is 0 Å². The van der Waals surface area contributed by atoms with E-state index in [1.54, 1.807) is 25.2 Å². The molecule has 0 atom stereocenters. The first-order chi connectivity index (χ1) is 8.02. The van der Waals surface area contributed by atoms with Crippen molar-refractivity contribution in [2.75, 3.05) is 12.4 Å². The molecule has 92 valence electrons. The van der Waals surface area contributed by atoms with Gasteiger partial charge in [-0.05, 0) is 30.8 Å². The number of carbonyl (C=O) groups excluding carboxylic acids is 2. The molecule has 0 aliphatic carbocycles. The molecule has 17 heavy (non-hydrogen) atoms. The molecule has 0 bridgehead atoms. The van der Waals surface area contributed by atoms with Crippen molar-refractivity contribution in [3.63, 3.8) is 0 Å². The normalized spacial score (nSPS) is 9.82. The van der Waals surface area contributed by atoms with Gasteiger partial charge < -0.3 is 10.1 Å². The lowest BCUT2D eigenvalue weighted by molar-refractivity contribution is -0.134. The number of hydrogen-bond acceptors (Lipinski definition) is 4. The van der Waals surface area contributed by atoms with Crippen LogP contribution in [0.25, 0.3) is 0 Å². The number of hydrogen-bond donors (Lipinski definition) is 2. The zero-order chi connectivity index (χ0) is 12.8. The molecule has 6 heteroatoms. The Morgan fingerprint density at radius 2 is 2.12 bits per heavy atom. The number of nitrogens with one attached hydrogen (secondary N) is 2. The molecule has 0 aliphatic heterocycles. The lowest BCUT2D eigenvalue weighted by Crippen LogP contribution is -2.18. The fourth-order valence-corrected chi connectivity index (χ4v) is 1.48.